The van der Waals surface area contributed by atoms with E-state index in [0.717, 1.165) is 0 Å². The molecule has 0 spiro atoms. The zero-order valence-corrected chi connectivity index (χ0v) is 22.1. The molecule has 1 nitrogen and oxygen atoms in total. The van der Waals surface area contributed by atoms with Crippen LogP contribution >= 0.6 is 0 Å². The van der Waals surface area contributed by atoms with E-state index in [4.69, 9.17) is 0 Å². The first kappa shape index (κ1) is 48.7. The van der Waals surface area contributed by atoms with E-state index in [1.54, 1.807) is 0 Å². The van der Waals surface area contributed by atoms with E-state index in [-0.39, 0.29) is 0 Å². The summed E-state index contributed by atoms with van der Waals surface area (Å²) in [5.41, 5.74) is 0. The van der Waals surface area contributed by atoms with Crippen molar-refractivity contribution < 1.29 is 145 Å². The van der Waals surface area contributed by atoms with Gasteiger partial charge in [-0.25, -0.2) is 17.6 Å². The molecule has 0 aromatic carbocycles. The fourth-order valence-corrected chi connectivity index (χ4v) is 2.82. The van der Waals surface area contributed by atoms with Gasteiger partial charge in [0.1, 0.15) is 13.2 Å². The molecule has 0 aromatic heterocycles. The van der Waals surface area contributed by atoms with Gasteiger partial charge in [0, 0.05) is 0 Å². The van der Waals surface area contributed by atoms with Gasteiger partial charge in [-0.1, -0.05) is 0 Å². The molecule has 0 atom stereocenters. The van der Waals surface area contributed by atoms with Gasteiger partial charge in [-0.3, -0.25) is 0 Å². The van der Waals surface area contributed by atoms with Crippen LogP contribution in [0.5, 0.6) is 0 Å². The molecule has 0 rings (SSSR count). The molecule has 51 heavy (non-hydrogen) atoms. The van der Waals surface area contributed by atoms with E-state index in [2.05, 4.69) is 4.74 Å². The Morgan fingerprint density at radius 1 is 0.255 bits per heavy atom. The van der Waals surface area contributed by atoms with Gasteiger partial charge in [0.05, 0.1) is 0 Å². The molecule has 0 unspecified atom stereocenters. The first-order valence-corrected chi connectivity index (χ1v) is 11.0. The van der Waals surface area contributed by atoms with Crippen molar-refractivity contribution in [3.63, 3.8) is 0 Å². The molecule has 0 N–H and O–H groups in total. The summed E-state index contributed by atoms with van der Waals surface area (Å²) in [6.45, 7) is -9.10. The molecule has 0 fully saturated rings. The maximum Gasteiger partial charge on any atom is 0.384 e. The van der Waals surface area contributed by atoms with Crippen LogP contribution in [0.3, 0.4) is 0 Å². The van der Waals surface area contributed by atoms with Gasteiger partial charge in [-0.05, 0) is 0 Å². The lowest BCUT2D eigenvalue weighted by molar-refractivity contribution is -0.451. The molecule has 0 aliphatic heterocycles. The van der Waals surface area contributed by atoms with Crippen molar-refractivity contribution in [2.45, 2.75) is 95.8 Å². The summed E-state index contributed by atoms with van der Waals surface area (Å²) in [4.78, 5) is 0. The zero-order valence-electron chi connectivity index (χ0n) is 22.1. The van der Waals surface area contributed by atoms with E-state index < -0.39 is 109 Å². The molecule has 0 radical (unpaired) electrons. The van der Waals surface area contributed by atoms with Crippen molar-refractivity contribution in [1.82, 2.24) is 0 Å². The summed E-state index contributed by atoms with van der Waals surface area (Å²) in [6.07, 6.45) is -12.5. The fourth-order valence-electron chi connectivity index (χ4n) is 2.82. The second kappa shape index (κ2) is 12.7. The Morgan fingerprint density at radius 2 is 0.412 bits per heavy atom. The standard InChI is InChI=1S/C18H6F32O/c19-3(20)7(27,28)11(35,36)15(43,44)17(47,48)13(39,40)9(31,32)5(23,24)1-51-2-6(25,26)10(33,34)14(41,42)18(49,50)16(45,46)12(37,38)8(29,30)4(21)22/h3-4H,1-2H2. The van der Waals surface area contributed by atoms with Gasteiger partial charge in [0.2, 0.25) is 0 Å². The van der Waals surface area contributed by atoms with Crippen molar-refractivity contribution in [2.75, 3.05) is 13.2 Å². The van der Waals surface area contributed by atoms with Gasteiger partial charge < -0.3 is 4.74 Å². The molecular formula is C18H6F32O. The van der Waals surface area contributed by atoms with Crippen LogP contribution in [0.2, 0.25) is 0 Å². The molecule has 0 saturated carbocycles. The van der Waals surface area contributed by atoms with Gasteiger partial charge in [-0.15, -0.1) is 0 Å². The van der Waals surface area contributed by atoms with Crippen LogP contribution in [0.25, 0.3) is 0 Å². The summed E-state index contributed by atoms with van der Waals surface area (Å²) in [5, 5.41) is 0. The quantitative estimate of drug-likeness (QED) is 0.125. The van der Waals surface area contributed by atoms with Crippen LogP contribution in [0.1, 0.15) is 0 Å². The predicted molar refractivity (Wildman–Crippen MR) is 92.1 cm³/mol. The SMILES string of the molecule is FC(F)C(F)(F)C(F)(F)C(F)(F)C(F)(F)C(F)(F)C(F)(F)C(F)(F)COCC(F)(F)C(F)(F)C(F)(F)C(F)(F)C(F)(F)C(F)(F)C(F)(F)C(F)F. The van der Waals surface area contributed by atoms with Crippen LogP contribution in [0.4, 0.5) is 140 Å². The second-order valence-electron chi connectivity index (χ2n) is 9.49. The molecule has 308 valence electrons. The van der Waals surface area contributed by atoms with Crippen molar-refractivity contribution in [1.29, 1.82) is 0 Å². The van der Waals surface area contributed by atoms with Gasteiger partial charge in [0.15, 0.2) is 0 Å². The topological polar surface area (TPSA) is 9.23 Å². The molecular weight excluding hydrogens is 840 g/mol. The molecule has 0 saturated heterocycles. The first-order chi connectivity index (χ1) is 21.6. The summed E-state index contributed by atoms with van der Waals surface area (Å²) in [6, 6.07) is 0. The number of hydrogen-bond donors (Lipinski definition) is 0. The number of rotatable bonds is 18. The first-order valence-electron chi connectivity index (χ1n) is 11.0. The highest BCUT2D eigenvalue weighted by Gasteiger charge is 2.95. The molecule has 33 heteroatoms. The Morgan fingerprint density at radius 3 is 0.588 bits per heavy atom. The zero-order chi connectivity index (χ0) is 42.3. The normalized spacial score (nSPS) is 16.8. The average Bonchev–Trinajstić information content (AvgIpc) is 2.91. The molecule has 0 aliphatic carbocycles. The van der Waals surface area contributed by atoms with Crippen LogP contribution in [0, 0.1) is 0 Å². The Kier molecular flexibility index (Phi) is 12.1. The van der Waals surface area contributed by atoms with E-state index in [0.29, 0.717) is 0 Å². The number of ether oxygens (including phenoxy) is 1. The van der Waals surface area contributed by atoms with E-state index in [1.165, 1.54) is 0 Å². The summed E-state index contributed by atoms with van der Waals surface area (Å²) < 4.78 is 425. The molecule has 0 bridgehead atoms. The third-order valence-corrected chi connectivity index (χ3v) is 6.03. The maximum atomic E-state index is 13.6. The van der Waals surface area contributed by atoms with Crippen LogP contribution in [-0.4, -0.2) is 109 Å². The average molecular weight is 846 g/mol. The largest absolute Gasteiger partial charge is 0.384 e. The number of halogens is 32. The summed E-state index contributed by atoms with van der Waals surface area (Å²) in [7, 11) is 0. The smallest absolute Gasteiger partial charge is 0.368 e. The third-order valence-electron chi connectivity index (χ3n) is 6.03. The van der Waals surface area contributed by atoms with Crippen molar-refractivity contribution in [3.8, 4) is 0 Å². The monoisotopic (exact) mass is 846 g/mol. The maximum absolute atomic E-state index is 13.6. The Labute approximate surface area is 255 Å². The highest BCUT2D eigenvalue weighted by molar-refractivity contribution is 5.16. The van der Waals surface area contributed by atoms with Gasteiger partial charge in [-0.2, -0.15) is 123 Å². The highest BCUT2D eigenvalue weighted by Crippen LogP contribution is 2.64. The van der Waals surface area contributed by atoms with Gasteiger partial charge >= 0.3 is 95.8 Å². The summed E-state index contributed by atoms with van der Waals surface area (Å²) >= 11 is 0. The number of alkyl halides is 32. The molecule has 0 aliphatic rings. The minimum atomic E-state index is -9.12. The minimum absolute atomic E-state index is 2.30. The minimum Gasteiger partial charge on any atom is -0.368 e. The molecule has 0 amide bonds. The Hall–Kier alpha value is -2.28. The fraction of sp³-hybridized carbons (Fsp3) is 1.00. The number of hydrogen-bond acceptors (Lipinski definition) is 1. The van der Waals surface area contributed by atoms with Crippen molar-refractivity contribution in [3.05, 3.63) is 0 Å². The van der Waals surface area contributed by atoms with Crippen molar-refractivity contribution in [2.24, 2.45) is 0 Å². The van der Waals surface area contributed by atoms with Crippen LogP contribution in [-0.2, 0) is 4.74 Å². The Balaban J connectivity index is 6.69. The highest BCUT2D eigenvalue weighted by atomic mass is 19.4. The van der Waals surface area contributed by atoms with Crippen molar-refractivity contribution >= 4 is 0 Å². The van der Waals surface area contributed by atoms with E-state index >= 15 is 0 Å². The van der Waals surface area contributed by atoms with Crippen LogP contribution in [0.15, 0.2) is 0 Å². The van der Waals surface area contributed by atoms with E-state index in [1.807, 2.05) is 0 Å². The third kappa shape index (κ3) is 6.31. The predicted octanol–water partition coefficient (Wildman–Crippen LogP) is 10.4. The lowest BCUT2D eigenvalue weighted by Gasteiger charge is -2.43. The Bertz CT molecular complexity index is 1120. The van der Waals surface area contributed by atoms with Crippen LogP contribution < -0.4 is 0 Å². The van der Waals surface area contributed by atoms with Gasteiger partial charge in [0.25, 0.3) is 0 Å². The molecule has 0 aromatic rings. The second-order valence-corrected chi connectivity index (χ2v) is 9.49. The van der Waals surface area contributed by atoms with E-state index in [9.17, 15) is 140 Å². The lowest BCUT2D eigenvalue weighted by Crippen LogP contribution is -2.74. The summed E-state index contributed by atoms with van der Waals surface area (Å²) in [5.74, 6) is -120. The molecule has 0 heterocycles. The lowest BCUT2D eigenvalue weighted by atomic mass is 9.89.